The average Bonchev–Trinajstić information content (AvgIpc) is 2.70. The van der Waals surface area contributed by atoms with Gasteiger partial charge in [-0.05, 0) is 49.1 Å². The number of esters is 1. The van der Waals surface area contributed by atoms with Crippen LogP contribution >= 0.6 is 0 Å². The van der Waals surface area contributed by atoms with E-state index in [1.54, 1.807) is 0 Å². The molecule has 1 aliphatic carbocycles. The normalized spacial score (nSPS) is 17.0. The maximum absolute atomic E-state index is 13.2. The molecule has 160 valence electrons. The number of carbonyl (C=O) groups is 3. The van der Waals surface area contributed by atoms with Crippen molar-refractivity contribution in [3.05, 3.63) is 41.1 Å². The quantitative estimate of drug-likeness (QED) is 0.755. The second-order valence-corrected chi connectivity index (χ2v) is 8.85. The number of nitrogens with zero attached hydrogens (tertiary/aromatic N) is 1. The molecule has 3 rings (SSSR count). The van der Waals surface area contributed by atoms with Crippen molar-refractivity contribution < 1.29 is 19.1 Å². The number of pyridine rings is 1. The Morgan fingerprint density at radius 1 is 1.20 bits per heavy atom. The Morgan fingerprint density at radius 3 is 2.57 bits per heavy atom. The average molecular weight is 412 g/mol. The topological polar surface area (TPSA) is 97.4 Å². The van der Waals surface area contributed by atoms with Crippen LogP contribution in [0.2, 0.25) is 0 Å². The molecule has 1 heterocycles. The van der Waals surface area contributed by atoms with Crippen LogP contribution in [-0.4, -0.2) is 36.0 Å². The van der Waals surface area contributed by atoms with Crippen molar-refractivity contribution in [2.45, 2.75) is 53.1 Å². The molecule has 2 aromatic rings. The maximum atomic E-state index is 13.2. The number of amides is 3. The molecular weight excluding hydrogens is 382 g/mol. The monoisotopic (exact) mass is 411 g/mol. The second-order valence-electron chi connectivity index (χ2n) is 8.85. The summed E-state index contributed by atoms with van der Waals surface area (Å²) in [6.07, 6.45) is 1.44. The zero-order valence-electron chi connectivity index (χ0n) is 18.2. The fourth-order valence-electron chi connectivity index (χ4n) is 3.91. The largest absolute Gasteiger partial charge is 0.449 e. The number of imide groups is 1. The number of para-hydroxylation sites is 1. The van der Waals surface area contributed by atoms with E-state index in [9.17, 15) is 14.4 Å². The van der Waals surface area contributed by atoms with Crippen molar-refractivity contribution in [3.8, 4) is 0 Å². The molecule has 0 saturated heterocycles. The summed E-state index contributed by atoms with van der Waals surface area (Å²) in [5.41, 5.74) is 3.14. The highest BCUT2D eigenvalue weighted by molar-refractivity contribution is 6.06. The number of rotatable bonds is 3. The Hall–Kier alpha value is -2.96. The fourth-order valence-corrected chi connectivity index (χ4v) is 3.91. The van der Waals surface area contributed by atoms with Crippen LogP contribution < -0.4 is 10.6 Å². The molecule has 0 aliphatic heterocycles. The van der Waals surface area contributed by atoms with Crippen molar-refractivity contribution >= 4 is 28.8 Å². The molecule has 1 aromatic heterocycles. The van der Waals surface area contributed by atoms with Crippen molar-refractivity contribution in [2.24, 2.45) is 11.3 Å². The van der Waals surface area contributed by atoms with Gasteiger partial charge in [-0.1, -0.05) is 39.0 Å². The van der Waals surface area contributed by atoms with Crippen molar-refractivity contribution in [3.63, 3.8) is 0 Å². The first-order valence-corrected chi connectivity index (χ1v) is 10.3. The predicted octanol–water partition coefficient (Wildman–Crippen LogP) is 3.39. The van der Waals surface area contributed by atoms with E-state index < -0.39 is 24.0 Å². The summed E-state index contributed by atoms with van der Waals surface area (Å²) in [4.78, 5) is 41.6. The van der Waals surface area contributed by atoms with Gasteiger partial charge in [-0.25, -0.2) is 9.59 Å². The molecular formula is C23H29N3O4. The molecule has 1 aromatic carbocycles. The molecule has 1 aliphatic rings. The van der Waals surface area contributed by atoms with E-state index in [1.165, 1.54) is 14.0 Å². The number of ether oxygens (including phenoxy) is 1. The van der Waals surface area contributed by atoms with Crippen LogP contribution in [0.3, 0.4) is 0 Å². The van der Waals surface area contributed by atoms with Gasteiger partial charge in [0.05, 0.1) is 11.1 Å². The van der Waals surface area contributed by atoms with Gasteiger partial charge < -0.3 is 10.1 Å². The van der Waals surface area contributed by atoms with Gasteiger partial charge >= 0.3 is 12.0 Å². The van der Waals surface area contributed by atoms with Crippen LogP contribution in [0.4, 0.5) is 4.79 Å². The minimum Gasteiger partial charge on any atom is -0.449 e. The Kier molecular flexibility index (Phi) is 6.10. The van der Waals surface area contributed by atoms with E-state index in [0.29, 0.717) is 11.5 Å². The summed E-state index contributed by atoms with van der Waals surface area (Å²) in [7, 11) is 1.40. The molecule has 2 atom stereocenters. The van der Waals surface area contributed by atoms with Gasteiger partial charge in [-0.2, -0.15) is 0 Å². The van der Waals surface area contributed by atoms with Gasteiger partial charge in [0.15, 0.2) is 6.10 Å². The Bertz CT molecular complexity index is 994. The van der Waals surface area contributed by atoms with Gasteiger partial charge in [0.25, 0.3) is 5.91 Å². The zero-order chi connectivity index (χ0) is 22.1. The summed E-state index contributed by atoms with van der Waals surface area (Å²) in [6.45, 7) is 8.07. The van der Waals surface area contributed by atoms with E-state index >= 15 is 0 Å². The van der Waals surface area contributed by atoms with Crippen LogP contribution in [0.15, 0.2) is 24.3 Å². The van der Waals surface area contributed by atoms with Gasteiger partial charge in [0.2, 0.25) is 0 Å². The number of hydrogen-bond acceptors (Lipinski definition) is 5. The first kappa shape index (κ1) is 21.7. The molecule has 0 bridgehead atoms. The highest BCUT2D eigenvalue weighted by Gasteiger charge is 2.33. The number of benzene rings is 1. The lowest BCUT2D eigenvalue weighted by Crippen LogP contribution is -2.43. The minimum atomic E-state index is -1.11. The molecule has 2 N–H and O–H groups in total. The fraction of sp³-hybridized carbons (Fsp3) is 0.478. The summed E-state index contributed by atoms with van der Waals surface area (Å²) < 4.78 is 5.48. The Labute approximate surface area is 176 Å². The first-order chi connectivity index (χ1) is 14.1. The number of hydrogen-bond donors (Lipinski definition) is 2. The van der Waals surface area contributed by atoms with E-state index in [0.717, 1.165) is 41.4 Å². The molecule has 30 heavy (non-hydrogen) atoms. The third-order valence-electron chi connectivity index (χ3n) is 5.80. The lowest BCUT2D eigenvalue weighted by molar-refractivity contribution is -0.127. The van der Waals surface area contributed by atoms with Crippen LogP contribution in [-0.2, 0) is 22.4 Å². The standard InChI is InChI=1S/C23H29N3O4/c1-13(20(27)26-22(29)24-5)30-21(28)19-15-8-6-7-9-17(15)25-18-11-10-14(12-16(18)19)23(2,3)4/h6-9,13-14H,10-12H2,1-5H3,(H2,24,26,27,29)/t13-,14-/m0/s1. The number of carbonyl (C=O) groups excluding carboxylic acids is 3. The Morgan fingerprint density at radius 2 is 1.90 bits per heavy atom. The number of urea groups is 1. The number of aromatic nitrogens is 1. The molecule has 0 fully saturated rings. The highest BCUT2D eigenvalue weighted by Crippen LogP contribution is 2.39. The van der Waals surface area contributed by atoms with E-state index in [2.05, 4.69) is 31.4 Å². The number of fused-ring (bicyclic) bond motifs is 2. The van der Waals surface area contributed by atoms with Crippen LogP contribution in [0.5, 0.6) is 0 Å². The van der Waals surface area contributed by atoms with Gasteiger partial charge in [-0.3, -0.25) is 15.1 Å². The summed E-state index contributed by atoms with van der Waals surface area (Å²) in [5.74, 6) is -0.838. The van der Waals surface area contributed by atoms with Gasteiger partial charge in [-0.15, -0.1) is 0 Å². The molecule has 7 nitrogen and oxygen atoms in total. The van der Waals surface area contributed by atoms with E-state index in [4.69, 9.17) is 9.72 Å². The van der Waals surface area contributed by atoms with Crippen molar-refractivity contribution in [1.82, 2.24) is 15.6 Å². The summed E-state index contributed by atoms with van der Waals surface area (Å²) >= 11 is 0. The van der Waals surface area contributed by atoms with Crippen LogP contribution in [0.1, 0.15) is 55.7 Å². The SMILES string of the molecule is CNC(=O)NC(=O)[C@H](C)OC(=O)c1c2c(nc3ccccc13)CC[C@H](C(C)(C)C)C2. The lowest BCUT2D eigenvalue weighted by Gasteiger charge is -2.35. The highest BCUT2D eigenvalue weighted by atomic mass is 16.5. The van der Waals surface area contributed by atoms with Crippen LogP contribution in [0.25, 0.3) is 10.9 Å². The van der Waals surface area contributed by atoms with Gasteiger partial charge in [0, 0.05) is 18.1 Å². The van der Waals surface area contributed by atoms with Crippen molar-refractivity contribution in [1.29, 1.82) is 0 Å². The van der Waals surface area contributed by atoms with E-state index in [1.807, 2.05) is 24.3 Å². The maximum Gasteiger partial charge on any atom is 0.339 e. The molecule has 0 spiro atoms. The summed E-state index contributed by atoms with van der Waals surface area (Å²) in [6, 6.07) is 6.83. The molecule has 7 heteroatoms. The number of nitrogens with one attached hydrogen (secondary N) is 2. The third-order valence-corrected chi connectivity index (χ3v) is 5.80. The second kappa shape index (κ2) is 8.42. The predicted molar refractivity (Wildman–Crippen MR) is 114 cm³/mol. The zero-order valence-corrected chi connectivity index (χ0v) is 18.2. The third kappa shape index (κ3) is 4.45. The van der Waals surface area contributed by atoms with E-state index in [-0.39, 0.29) is 5.41 Å². The summed E-state index contributed by atoms with van der Waals surface area (Å²) in [5, 5.41) is 5.15. The molecule has 0 unspecified atom stereocenters. The molecule has 0 radical (unpaired) electrons. The number of aryl methyl sites for hydroxylation is 1. The van der Waals surface area contributed by atoms with Crippen LogP contribution in [0, 0.1) is 11.3 Å². The van der Waals surface area contributed by atoms with Gasteiger partial charge in [0.1, 0.15) is 0 Å². The van der Waals surface area contributed by atoms with Crippen molar-refractivity contribution in [2.75, 3.05) is 7.05 Å². The minimum absolute atomic E-state index is 0.102. The smallest absolute Gasteiger partial charge is 0.339 e. The molecule has 3 amide bonds. The molecule has 0 saturated carbocycles. The lowest BCUT2D eigenvalue weighted by atomic mass is 9.70. The first-order valence-electron chi connectivity index (χ1n) is 10.3. The Balaban J connectivity index is 1.98.